The molecule has 122 valence electrons. The normalized spacial score (nSPS) is 14.7. The number of ether oxygens (including phenoxy) is 1. The molecule has 0 spiro atoms. The molecule has 3 rings (SSSR count). The Labute approximate surface area is 136 Å². The molecule has 23 heavy (non-hydrogen) atoms. The van der Waals surface area contributed by atoms with Crippen molar-refractivity contribution in [3.8, 4) is 5.75 Å². The smallest absolute Gasteiger partial charge is 0.270 e. The first-order valence-electron chi connectivity index (χ1n) is 8.16. The van der Waals surface area contributed by atoms with Crippen LogP contribution >= 0.6 is 0 Å². The highest BCUT2D eigenvalue weighted by atomic mass is 16.5. The molecule has 5 heteroatoms. The van der Waals surface area contributed by atoms with E-state index in [1.165, 1.54) is 5.69 Å². The predicted molar refractivity (Wildman–Crippen MR) is 88.7 cm³/mol. The Hall–Kier alpha value is -2.30. The summed E-state index contributed by atoms with van der Waals surface area (Å²) in [5.74, 6) is 0.697. The van der Waals surface area contributed by atoms with Crippen LogP contribution in [-0.2, 0) is 19.9 Å². The number of carbonyl (C=O) groups excluding carboxylic acids is 1. The lowest BCUT2D eigenvalue weighted by Crippen LogP contribution is -2.33. The minimum Gasteiger partial charge on any atom is -0.492 e. The standard InChI is InChI=1S/C18H23N3O2/c1-13(7-8-15-6-3-9-21(15)2)20-18(22)16-11-14-5-4-10-23-17(14)12-19-16/h3,6,9,11-13H,4-5,7-8,10H2,1-2H3,(H,20,22). The molecule has 0 bridgehead atoms. The molecule has 0 saturated heterocycles. The zero-order valence-corrected chi connectivity index (χ0v) is 13.7. The number of nitrogens with zero attached hydrogens (tertiary/aromatic N) is 2. The van der Waals surface area contributed by atoms with Gasteiger partial charge in [-0.1, -0.05) is 0 Å². The van der Waals surface area contributed by atoms with Crippen molar-refractivity contribution in [2.75, 3.05) is 6.61 Å². The molecule has 3 heterocycles. The number of pyridine rings is 1. The van der Waals surface area contributed by atoms with E-state index in [2.05, 4.69) is 20.9 Å². The lowest BCUT2D eigenvalue weighted by atomic mass is 10.1. The minimum atomic E-state index is -0.113. The van der Waals surface area contributed by atoms with Gasteiger partial charge >= 0.3 is 0 Å². The SMILES string of the molecule is CC(CCc1cccn1C)NC(=O)c1cc2c(cn1)OCCC2. The van der Waals surface area contributed by atoms with Crippen LogP contribution in [0.15, 0.2) is 30.6 Å². The van der Waals surface area contributed by atoms with E-state index in [1.807, 2.05) is 32.3 Å². The quantitative estimate of drug-likeness (QED) is 0.922. The van der Waals surface area contributed by atoms with Crippen molar-refractivity contribution < 1.29 is 9.53 Å². The molecule has 5 nitrogen and oxygen atoms in total. The van der Waals surface area contributed by atoms with E-state index in [4.69, 9.17) is 4.74 Å². The highest BCUT2D eigenvalue weighted by Crippen LogP contribution is 2.23. The van der Waals surface area contributed by atoms with Gasteiger partial charge < -0.3 is 14.6 Å². The maximum Gasteiger partial charge on any atom is 0.270 e. The Morgan fingerprint density at radius 1 is 1.52 bits per heavy atom. The predicted octanol–water partition coefficient (Wildman–Crippen LogP) is 2.50. The molecule has 0 aromatic carbocycles. The van der Waals surface area contributed by atoms with Crippen LogP contribution in [0.3, 0.4) is 0 Å². The topological polar surface area (TPSA) is 56.2 Å². The monoisotopic (exact) mass is 313 g/mol. The lowest BCUT2D eigenvalue weighted by molar-refractivity contribution is 0.0933. The Morgan fingerprint density at radius 3 is 3.17 bits per heavy atom. The fraction of sp³-hybridized carbons (Fsp3) is 0.444. The summed E-state index contributed by atoms with van der Waals surface area (Å²) in [6.07, 6.45) is 7.48. The second-order valence-corrected chi connectivity index (χ2v) is 6.15. The molecule has 1 N–H and O–H groups in total. The Bertz CT molecular complexity index is 693. The molecule has 1 atom stereocenters. The van der Waals surface area contributed by atoms with E-state index in [9.17, 15) is 4.79 Å². The molecule has 1 amide bonds. The van der Waals surface area contributed by atoms with E-state index in [-0.39, 0.29) is 11.9 Å². The van der Waals surface area contributed by atoms with Crippen LogP contribution in [0.4, 0.5) is 0 Å². The van der Waals surface area contributed by atoms with Crippen LogP contribution in [0.1, 0.15) is 41.5 Å². The molecule has 1 unspecified atom stereocenters. The molecule has 1 aliphatic rings. The molecular formula is C18H23N3O2. The highest BCUT2D eigenvalue weighted by molar-refractivity contribution is 5.92. The highest BCUT2D eigenvalue weighted by Gasteiger charge is 2.16. The molecule has 1 aliphatic heterocycles. The van der Waals surface area contributed by atoms with E-state index < -0.39 is 0 Å². The summed E-state index contributed by atoms with van der Waals surface area (Å²) in [7, 11) is 2.04. The molecule has 0 aliphatic carbocycles. The maximum absolute atomic E-state index is 12.3. The Kier molecular flexibility index (Phi) is 4.65. The van der Waals surface area contributed by atoms with Gasteiger partial charge in [-0.15, -0.1) is 0 Å². The summed E-state index contributed by atoms with van der Waals surface area (Å²) in [6.45, 7) is 2.76. The first-order chi connectivity index (χ1) is 11.1. The van der Waals surface area contributed by atoms with Gasteiger partial charge in [-0.3, -0.25) is 4.79 Å². The third-order valence-corrected chi connectivity index (χ3v) is 4.29. The van der Waals surface area contributed by atoms with Crippen LogP contribution in [-0.4, -0.2) is 28.1 Å². The Balaban J connectivity index is 1.57. The summed E-state index contributed by atoms with van der Waals surface area (Å²) in [5.41, 5.74) is 2.82. The van der Waals surface area contributed by atoms with Gasteiger partial charge in [0.15, 0.2) is 0 Å². The largest absolute Gasteiger partial charge is 0.492 e. The van der Waals surface area contributed by atoms with Gasteiger partial charge in [0.1, 0.15) is 11.4 Å². The van der Waals surface area contributed by atoms with Crippen molar-refractivity contribution in [3.63, 3.8) is 0 Å². The van der Waals surface area contributed by atoms with Crippen molar-refractivity contribution in [1.29, 1.82) is 0 Å². The summed E-state index contributed by atoms with van der Waals surface area (Å²) in [5, 5.41) is 3.03. The van der Waals surface area contributed by atoms with Crippen LogP contribution in [0, 0.1) is 0 Å². The third kappa shape index (κ3) is 3.73. The fourth-order valence-corrected chi connectivity index (χ4v) is 2.87. The summed E-state index contributed by atoms with van der Waals surface area (Å²) in [4.78, 5) is 16.6. The number of aromatic nitrogens is 2. The van der Waals surface area contributed by atoms with Crippen molar-refractivity contribution in [3.05, 3.63) is 47.5 Å². The van der Waals surface area contributed by atoms with Gasteiger partial charge in [0.05, 0.1) is 12.8 Å². The molecule has 0 saturated carbocycles. The first-order valence-corrected chi connectivity index (χ1v) is 8.16. The van der Waals surface area contributed by atoms with E-state index in [0.717, 1.165) is 43.6 Å². The molecule has 2 aromatic heterocycles. The summed E-state index contributed by atoms with van der Waals surface area (Å²) >= 11 is 0. The molecular weight excluding hydrogens is 290 g/mol. The number of carbonyl (C=O) groups is 1. The Morgan fingerprint density at radius 2 is 2.39 bits per heavy atom. The van der Waals surface area contributed by atoms with E-state index >= 15 is 0 Å². The molecule has 0 radical (unpaired) electrons. The number of amides is 1. The lowest BCUT2D eigenvalue weighted by Gasteiger charge is -2.18. The second kappa shape index (κ2) is 6.86. The van der Waals surface area contributed by atoms with Crippen molar-refractivity contribution in [2.24, 2.45) is 7.05 Å². The van der Waals surface area contributed by atoms with Gasteiger partial charge in [-0.2, -0.15) is 0 Å². The zero-order chi connectivity index (χ0) is 16.2. The third-order valence-electron chi connectivity index (χ3n) is 4.29. The zero-order valence-electron chi connectivity index (χ0n) is 13.7. The van der Waals surface area contributed by atoms with Crippen LogP contribution in [0.25, 0.3) is 0 Å². The van der Waals surface area contributed by atoms with Crippen LogP contribution < -0.4 is 10.1 Å². The van der Waals surface area contributed by atoms with Crippen molar-refractivity contribution in [2.45, 2.75) is 38.6 Å². The average molecular weight is 313 g/mol. The molecule has 0 fully saturated rings. The van der Waals surface area contributed by atoms with Gasteiger partial charge in [0, 0.05) is 25.0 Å². The van der Waals surface area contributed by atoms with Crippen molar-refractivity contribution in [1.82, 2.24) is 14.9 Å². The molecule has 2 aromatic rings. The van der Waals surface area contributed by atoms with Gasteiger partial charge in [0.2, 0.25) is 0 Å². The number of rotatable bonds is 5. The summed E-state index contributed by atoms with van der Waals surface area (Å²) < 4.78 is 7.64. The van der Waals surface area contributed by atoms with Gasteiger partial charge in [-0.05, 0) is 56.4 Å². The van der Waals surface area contributed by atoms with Gasteiger partial charge in [0.25, 0.3) is 5.91 Å². The number of fused-ring (bicyclic) bond motifs is 1. The number of nitrogens with one attached hydrogen (secondary N) is 1. The van der Waals surface area contributed by atoms with Gasteiger partial charge in [-0.25, -0.2) is 4.98 Å². The minimum absolute atomic E-state index is 0.103. The number of aryl methyl sites for hydroxylation is 3. The average Bonchev–Trinajstić information content (AvgIpc) is 2.97. The van der Waals surface area contributed by atoms with E-state index in [1.54, 1.807) is 6.20 Å². The van der Waals surface area contributed by atoms with Crippen molar-refractivity contribution >= 4 is 5.91 Å². The fourth-order valence-electron chi connectivity index (χ4n) is 2.87. The summed E-state index contributed by atoms with van der Waals surface area (Å²) in [6, 6.07) is 6.11. The van der Waals surface area contributed by atoms with Crippen LogP contribution in [0.2, 0.25) is 0 Å². The number of hydrogen-bond acceptors (Lipinski definition) is 3. The second-order valence-electron chi connectivity index (χ2n) is 6.15. The van der Waals surface area contributed by atoms with E-state index in [0.29, 0.717) is 5.69 Å². The number of hydrogen-bond donors (Lipinski definition) is 1. The van der Waals surface area contributed by atoms with Crippen LogP contribution in [0.5, 0.6) is 5.75 Å². The maximum atomic E-state index is 12.3. The first kappa shape index (κ1) is 15.6.